The Morgan fingerprint density at radius 3 is 2.86 bits per heavy atom. The molecule has 0 saturated heterocycles. The van der Waals surface area contributed by atoms with Crippen LogP contribution in [0, 0.1) is 5.82 Å². The highest BCUT2D eigenvalue weighted by atomic mass is 79.9. The maximum atomic E-state index is 13.3. The molecule has 0 amide bonds. The number of aryl methyl sites for hydroxylation is 1. The van der Waals surface area contributed by atoms with E-state index in [9.17, 15) is 4.39 Å². The van der Waals surface area contributed by atoms with E-state index in [1.807, 2.05) is 0 Å². The highest BCUT2D eigenvalue weighted by Crippen LogP contribution is 2.19. The summed E-state index contributed by atoms with van der Waals surface area (Å²) in [7, 11) is 0. The quantitative estimate of drug-likeness (QED) is 0.707. The molecule has 0 bridgehead atoms. The van der Waals surface area contributed by atoms with Crippen LogP contribution in [0.5, 0.6) is 0 Å². The molecule has 0 spiro atoms. The van der Waals surface area contributed by atoms with Crippen molar-refractivity contribution in [3.05, 3.63) is 34.6 Å². The zero-order chi connectivity index (χ0) is 10.6. The Labute approximate surface area is 97.6 Å². The van der Waals surface area contributed by atoms with Crippen molar-refractivity contribution in [2.45, 2.75) is 31.0 Å². The molecule has 0 aliphatic carbocycles. The van der Waals surface area contributed by atoms with Gasteiger partial charge in [-0.2, -0.15) is 0 Å². The average Bonchev–Trinajstić information content (AvgIpc) is 2.19. The number of rotatable bonds is 4. The lowest BCUT2D eigenvalue weighted by Crippen LogP contribution is -1.99. The van der Waals surface area contributed by atoms with E-state index in [0.717, 1.165) is 19.3 Å². The zero-order valence-electron chi connectivity index (χ0n) is 8.06. The van der Waals surface area contributed by atoms with Crippen molar-refractivity contribution in [3.8, 4) is 0 Å². The fraction of sp³-hybridized carbons (Fsp3) is 0.455. The minimum Gasteiger partial charge on any atom is -0.207 e. The van der Waals surface area contributed by atoms with Crippen LogP contribution in [0.25, 0.3) is 0 Å². The van der Waals surface area contributed by atoms with Gasteiger partial charge < -0.3 is 0 Å². The molecule has 0 fully saturated rings. The van der Waals surface area contributed by atoms with Crippen molar-refractivity contribution in [2.24, 2.45) is 0 Å². The van der Waals surface area contributed by atoms with Crippen LogP contribution in [0.2, 0.25) is 5.02 Å². The topological polar surface area (TPSA) is 0 Å². The van der Waals surface area contributed by atoms with Gasteiger partial charge in [0, 0.05) is 9.85 Å². The molecular weight excluding hydrogens is 266 g/mol. The lowest BCUT2D eigenvalue weighted by atomic mass is 10.1. The second-order valence-electron chi connectivity index (χ2n) is 3.28. The third-order valence-corrected chi connectivity index (χ3v) is 3.52. The fourth-order valence-electron chi connectivity index (χ4n) is 1.25. The smallest absolute Gasteiger partial charge is 0.126 e. The third-order valence-electron chi connectivity index (χ3n) is 2.18. The number of hydrogen-bond donors (Lipinski definition) is 0. The highest BCUT2D eigenvalue weighted by molar-refractivity contribution is 9.09. The summed E-state index contributed by atoms with van der Waals surface area (Å²) in [6, 6.07) is 4.70. The first kappa shape index (κ1) is 12.0. The van der Waals surface area contributed by atoms with Crippen LogP contribution in [0.3, 0.4) is 0 Å². The molecule has 0 aliphatic rings. The summed E-state index contributed by atoms with van der Waals surface area (Å²) in [6.07, 6.45) is 2.73. The maximum Gasteiger partial charge on any atom is 0.126 e. The van der Waals surface area contributed by atoms with Gasteiger partial charge in [0.25, 0.3) is 0 Å². The monoisotopic (exact) mass is 278 g/mol. The Hall–Kier alpha value is -0.0800. The average molecular weight is 280 g/mol. The molecule has 14 heavy (non-hydrogen) atoms. The van der Waals surface area contributed by atoms with Gasteiger partial charge in [0.05, 0.1) is 0 Å². The summed E-state index contributed by atoms with van der Waals surface area (Å²) in [5.41, 5.74) is 0.704. The van der Waals surface area contributed by atoms with Gasteiger partial charge in [-0.1, -0.05) is 34.5 Å². The van der Waals surface area contributed by atoms with E-state index >= 15 is 0 Å². The molecule has 1 rings (SSSR count). The van der Waals surface area contributed by atoms with Gasteiger partial charge in [-0.25, -0.2) is 4.39 Å². The van der Waals surface area contributed by atoms with Gasteiger partial charge in [-0.05, 0) is 43.0 Å². The van der Waals surface area contributed by atoms with Crippen LogP contribution in [0.4, 0.5) is 4.39 Å². The molecule has 0 saturated carbocycles. The van der Waals surface area contributed by atoms with Crippen molar-refractivity contribution in [2.75, 3.05) is 0 Å². The van der Waals surface area contributed by atoms with Gasteiger partial charge in [0.2, 0.25) is 0 Å². The van der Waals surface area contributed by atoms with Crippen molar-refractivity contribution in [1.82, 2.24) is 0 Å². The van der Waals surface area contributed by atoms with Gasteiger partial charge in [-0.3, -0.25) is 0 Å². The van der Waals surface area contributed by atoms with Gasteiger partial charge in [0.1, 0.15) is 5.82 Å². The van der Waals surface area contributed by atoms with E-state index < -0.39 is 0 Å². The standard InChI is InChI=1S/C11H13BrClF/c1-2-9(12)4-3-8-7-10(13)5-6-11(8)14/h5-7,9H,2-4H2,1H3. The summed E-state index contributed by atoms with van der Waals surface area (Å²) in [6.45, 7) is 2.10. The fourth-order valence-corrected chi connectivity index (χ4v) is 1.67. The largest absolute Gasteiger partial charge is 0.207 e. The summed E-state index contributed by atoms with van der Waals surface area (Å²) < 4.78 is 13.3. The molecule has 0 N–H and O–H groups in total. The minimum atomic E-state index is -0.162. The van der Waals surface area contributed by atoms with Crippen molar-refractivity contribution < 1.29 is 4.39 Å². The Morgan fingerprint density at radius 2 is 2.21 bits per heavy atom. The first-order valence-electron chi connectivity index (χ1n) is 4.71. The van der Waals surface area contributed by atoms with E-state index in [2.05, 4.69) is 22.9 Å². The second-order valence-corrected chi connectivity index (χ2v) is 5.01. The van der Waals surface area contributed by atoms with Crippen molar-refractivity contribution in [3.63, 3.8) is 0 Å². The number of benzene rings is 1. The SMILES string of the molecule is CCC(Br)CCc1cc(Cl)ccc1F. The van der Waals surface area contributed by atoms with Crippen LogP contribution >= 0.6 is 27.5 Å². The summed E-state index contributed by atoms with van der Waals surface area (Å²) in [4.78, 5) is 0.459. The molecule has 0 aliphatic heterocycles. The molecule has 0 radical (unpaired) electrons. The zero-order valence-corrected chi connectivity index (χ0v) is 10.4. The molecule has 1 aromatic rings. The number of alkyl halides is 1. The number of hydrogen-bond acceptors (Lipinski definition) is 0. The molecular formula is C11H13BrClF. The first-order chi connectivity index (χ1) is 6.63. The van der Waals surface area contributed by atoms with Crippen LogP contribution < -0.4 is 0 Å². The van der Waals surface area contributed by atoms with Gasteiger partial charge in [-0.15, -0.1) is 0 Å². The summed E-state index contributed by atoms with van der Waals surface area (Å²) in [5.74, 6) is -0.162. The van der Waals surface area contributed by atoms with Crippen molar-refractivity contribution in [1.29, 1.82) is 0 Å². The Kier molecular flexibility index (Phi) is 4.90. The molecule has 78 valence electrons. The van der Waals surface area contributed by atoms with Crippen LogP contribution in [0.1, 0.15) is 25.3 Å². The van der Waals surface area contributed by atoms with E-state index in [-0.39, 0.29) is 5.82 Å². The molecule has 1 aromatic carbocycles. The summed E-state index contributed by atoms with van der Waals surface area (Å²) >= 11 is 9.31. The Balaban J connectivity index is 2.62. The predicted octanol–water partition coefficient (Wildman–Crippen LogP) is 4.59. The Bertz CT molecular complexity index is 301. The van der Waals surface area contributed by atoms with E-state index in [0.29, 0.717) is 15.4 Å². The third kappa shape index (κ3) is 3.58. The molecule has 0 heterocycles. The van der Waals surface area contributed by atoms with Crippen LogP contribution in [0.15, 0.2) is 18.2 Å². The maximum absolute atomic E-state index is 13.3. The van der Waals surface area contributed by atoms with Crippen molar-refractivity contribution >= 4 is 27.5 Å². The highest BCUT2D eigenvalue weighted by Gasteiger charge is 2.06. The minimum absolute atomic E-state index is 0.162. The van der Waals surface area contributed by atoms with E-state index in [1.54, 1.807) is 12.1 Å². The molecule has 1 unspecified atom stereocenters. The summed E-state index contributed by atoms with van der Waals surface area (Å²) in [5, 5.41) is 0.601. The molecule has 1 atom stereocenters. The number of halogens is 3. The lowest BCUT2D eigenvalue weighted by Gasteiger charge is -2.07. The lowest BCUT2D eigenvalue weighted by molar-refractivity contribution is 0.601. The Morgan fingerprint density at radius 1 is 1.50 bits per heavy atom. The molecule has 0 nitrogen and oxygen atoms in total. The molecule has 0 aromatic heterocycles. The van der Waals surface area contributed by atoms with Gasteiger partial charge >= 0.3 is 0 Å². The van der Waals surface area contributed by atoms with Crippen LogP contribution in [-0.2, 0) is 6.42 Å². The molecule has 3 heteroatoms. The first-order valence-corrected chi connectivity index (χ1v) is 6.01. The predicted molar refractivity (Wildman–Crippen MR) is 62.7 cm³/mol. The normalized spacial score (nSPS) is 12.9. The van der Waals surface area contributed by atoms with E-state index in [1.165, 1.54) is 6.07 Å². The second kappa shape index (κ2) is 5.72. The van der Waals surface area contributed by atoms with E-state index in [4.69, 9.17) is 11.6 Å². The van der Waals surface area contributed by atoms with Gasteiger partial charge in [0.15, 0.2) is 0 Å². The van der Waals surface area contributed by atoms with Crippen LogP contribution in [-0.4, -0.2) is 4.83 Å².